The van der Waals surface area contributed by atoms with E-state index in [0.717, 1.165) is 0 Å². The lowest BCUT2D eigenvalue weighted by Crippen LogP contribution is -1.92. The highest BCUT2D eigenvalue weighted by Gasteiger charge is 2.13. The number of hydrogen-bond acceptors (Lipinski definition) is 5. The molecule has 0 bridgehead atoms. The van der Waals surface area contributed by atoms with Crippen LogP contribution in [-0.2, 0) is 0 Å². The number of nitro benzene ring substituents is 1. The molecule has 19 heavy (non-hydrogen) atoms. The van der Waals surface area contributed by atoms with Crippen LogP contribution in [-0.4, -0.2) is 9.91 Å². The van der Waals surface area contributed by atoms with Crippen LogP contribution < -0.4 is 4.74 Å². The lowest BCUT2D eigenvalue weighted by atomic mass is 10.2. The predicted molar refractivity (Wildman–Crippen MR) is 67.1 cm³/mol. The highest BCUT2D eigenvalue weighted by Crippen LogP contribution is 2.31. The molecule has 0 saturated carbocycles. The smallest absolute Gasteiger partial charge is 0.288 e. The van der Waals surface area contributed by atoms with E-state index < -0.39 is 4.92 Å². The summed E-state index contributed by atoms with van der Waals surface area (Å²) in [4.78, 5) is 13.9. The second kappa shape index (κ2) is 5.33. The van der Waals surface area contributed by atoms with Crippen molar-refractivity contribution >= 4 is 17.3 Å². The number of halogens is 1. The van der Waals surface area contributed by atoms with Gasteiger partial charge in [-0.1, -0.05) is 11.6 Å². The highest BCUT2D eigenvalue weighted by molar-refractivity contribution is 6.32. The molecule has 0 N–H and O–H groups in total. The van der Waals surface area contributed by atoms with Gasteiger partial charge in [0.1, 0.15) is 16.8 Å². The fraction of sp³-hybridized carbons (Fsp3) is 0. The van der Waals surface area contributed by atoms with Gasteiger partial charge in [-0.2, -0.15) is 5.26 Å². The number of nitrogens with zero attached hydrogens (tertiary/aromatic N) is 3. The van der Waals surface area contributed by atoms with Crippen LogP contribution in [0.15, 0.2) is 36.7 Å². The van der Waals surface area contributed by atoms with Gasteiger partial charge in [-0.15, -0.1) is 0 Å². The standard InChI is InChI=1S/C12H6ClN3O3/c13-10-5-9(1-2-11(10)16(17)18)19-12-7-15-4-3-8(12)6-14/h1-5,7H. The molecule has 94 valence electrons. The summed E-state index contributed by atoms with van der Waals surface area (Å²) in [5, 5.41) is 19.5. The average molecular weight is 276 g/mol. The Bertz CT molecular complexity index is 682. The molecule has 0 aliphatic rings. The molecule has 1 heterocycles. The monoisotopic (exact) mass is 275 g/mol. The quantitative estimate of drug-likeness (QED) is 0.633. The zero-order valence-corrected chi connectivity index (χ0v) is 10.2. The van der Waals surface area contributed by atoms with Gasteiger partial charge in [0.2, 0.25) is 0 Å². The third kappa shape index (κ3) is 2.78. The molecule has 0 saturated heterocycles. The summed E-state index contributed by atoms with van der Waals surface area (Å²) in [5.74, 6) is 0.551. The van der Waals surface area contributed by atoms with Gasteiger partial charge in [0.25, 0.3) is 5.69 Å². The van der Waals surface area contributed by atoms with E-state index >= 15 is 0 Å². The second-order valence-electron chi connectivity index (χ2n) is 3.46. The number of ether oxygens (including phenoxy) is 1. The molecule has 1 aromatic carbocycles. The Hall–Kier alpha value is -2.65. The van der Waals surface area contributed by atoms with Crippen molar-refractivity contribution in [1.29, 1.82) is 5.26 Å². The first kappa shape index (κ1) is 12.8. The maximum atomic E-state index is 10.6. The lowest BCUT2D eigenvalue weighted by Gasteiger charge is -2.06. The molecule has 0 unspecified atom stereocenters. The number of nitriles is 1. The minimum Gasteiger partial charge on any atom is -0.454 e. The van der Waals surface area contributed by atoms with Gasteiger partial charge in [-0.25, -0.2) is 0 Å². The molecule has 0 radical (unpaired) electrons. The molecule has 7 heteroatoms. The Morgan fingerprint density at radius 3 is 2.84 bits per heavy atom. The van der Waals surface area contributed by atoms with E-state index in [-0.39, 0.29) is 16.5 Å². The molecule has 1 aromatic heterocycles. The molecule has 0 aliphatic carbocycles. The summed E-state index contributed by atoms with van der Waals surface area (Å²) in [6, 6.07) is 7.41. The average Bonchev–Trinajstić information content (AvgIpc) is 2.39. The fourth-order valence-corrected chi connectivity index (χ4v) is 1.62. The fourth-order valence-electron chi connectivity index (χ4n) is 1.38. The maximum Gasteiger partial charge on any atom is 0.288 e. The minimum absolute atomic E-state index is 0.0371. The van der Waals surface area contributed by atoms with Crippen molar-refractivity contribution in [2.75, 3.05) is 0 Å². The Balaban J connectivity index is 2.32. The van der Waals surface area contributed by atoms with Crippen molar-refractivity contribution < 1.29 is 9.66 Å². The Kier molecular flexibility index (Phi) is 3.59. The number of aromatic nitrogens is 1. The molecule has 0 atom stereocenters. The summed E-state index contributed by atoms with van der Waals surface area (Å²) in [5.41, 5.74) is 0.102. The number of rotatable bonds is 3. The molecule has 6 nitrogen and oxygen atoms in total. The van der Waals surface area contributed by atoms with Gasteiger partial charge in [-0.3, -0.25) is 15.1 Å². The first-order valence-electron chi connectivity index (χ1n) is 5.07. The van der Waals surface area contributed by atoms with Crippen molar-refractivity contribution in [3.8, 4) is 17.6 Å². The van der Waals surface area contributed by atoms with E-state index in [4.69, 9.17) is 21.6 Å². The van der Waals surface area contributed by atoms with Crippen LogP contribution in [0.25, 0.3) is 0 Å². The maximum absolute atomic E-state index is 10.6. The first-order chi connectivity index (χ1) is 9.11. The minimum atomic E-state index is -0.586. The zero-order valence-electron chi connectivity index (χ0n) is 9.41. The lowest BCUT2D eigenvalue weighted by molar-refractivity contribution is -0.384. The summed E-state index contributed by atoms with van der Waals surface area (Å²) < 4.78 is 5.42. The van der Waals surface area contributed by atoms with Gasteiger partial charge < -0.3 is 4.74 Å². The van der Waals surface area contributed by atoms with Gasteiger partial charge >= 0.3 is 0 Å². The van der Waals surface area contributed by atoms with Crippen molar-refractivity contribution in [3.05, 3.63) is 57.4 Å². The third-order valence-electron chi connectivity index (χ3n) is 2.25. The van der Waals surface area contributed by atoms with Crippen molar-refractivity contribution in [3.63, 3.8) is 0 Å². The van der Waals surface area contributed by atoms with Gasteiger partial charge in [0.05, 0.1) is 16.7 Å². The number of benzene rings is 1. The number of pyridine rings is 1. The van der Waals surface area contributed by atoms with Crippen LogP contribution in [0.1, 0.15) is 5.56 Å². The van der Waals surface area contributed by atoms with E-state index in [1.54, 1.807) is 0 Å². The third-order valence-corrected chi connectivity index (χ3v) is 2.55. The van der Waals surface area contributed by atoms with Crippen LogP contribution in [0.5, 0.6) is 11.5 Å². The van der Waals surface area contributed by atoms with Crippen LogP contribution in [0.2, 0.25) is 5.02 Å². The Morgan fingerprint density at radius 2 is 2.21 bits per heavy atom. The van der Waals surface area contributed by atoms with Crippen LogP contribution >= 0.6 is 11.6 Å². The van der Waals surface area contributed by atoms with E-state index in [0.29, 0.717) is 11.3 Å². The molecule has 0 amide bonds. The van der Waals surface area contributed by atoms with E-state index in [2.05, 4.69) is 4.98 Å². The SMILES string of the molecule is N#Cc1ccncc1Oc1ccc([N+](=O)[O-])c(Cl)c1. The highest BCUT2D eigenvalue weighted by atomic mass is 35.5. The van der Waals surface area contributed by atoms with E-state index in [9.17, 15) is 10.1 Å². The second-order valence-corrected chi connectivity index (χ2v) is 3.86. The predicted octanol–water partition coefficient (Wildman–Crippen LogP) is 3.31. The van der Waals surface area contributed by atoms with Crippen molar-refractivity contribution in [1.82, 2.24) is 4.98 Å². The van der Waals surface area contributed by atoms with Gasteiger partial charge in [-0.05, 0) is 12.1 Å². The normalized spacial score (nSPS) is 9.68. The number of hydrogen-bond donors (Lipinski definition) is 0. The molecule has 2 aromatic rings. The molecule has 0 aliphatic heterocycles. The molecule has 0 spiro atoms. The molecule has 0 fully saturated rings. The van der Waals surface area contributed by atoms with Gasteiger partial charge in [0, 0.05) is 18.3 Å². The Labute approximate surface area is 113 Å². The van der Waals surface area contributed by atoms with E-state index in [1.165, 1.54) is 36.7 Å². The first-order valence-corrected chi connectivity index (χ1v) is 5.45. The molecule has 2 rings (SSSR count). The summed E-state index contributed by atoms with van der Waals surface area (Å²) in [6.45, 7) is 0. The van der Waals surface area contributed by atoms with E-state index in [1.807, 2.05) is 6.07 Å². The Morgan fingerprint density at radius 1 is 1.42 bits per heavy atom. The topological polar surface area (TPSA) is 89.0 Å². The van der Waals surface area contributed by atoms with Crippen LogP contribution in [0, 0.1) is 21.4 Å². The summed E-state index contributed by atoms with van der Waals surface area (Å²) in [7, 11) is 0. The summed E-state index contributed by atoms with van der Waals surface area (Å²) >= 11 is 5.76. The zero-order chi connectivity index (χ0) is 13.8. The molecular formula is C12H6ClN3O3. The van der Waals surface area contributed by atoms with Crippen molar-refractivity contribution in [2.45, 2.75) is 0 Å². The van der Waals surface area contributed by atoms with Crippen molar-refractivity contribution in [2.24, 2.45) is 0 Å². The van der Waals surface area contributed by atoms with Crippen LogP contribution in [0.3, 0.4) is 0 Å². The summed E-state index contributed by atoms with van der Waals surface area (Å²) in [6.07, 6.45) is 2.85. The van der Waals surface area contributed by atoms with Crippen LogP contribution in [0.4, 0.5) is 5.69 Å². The largest absolute Gasteiger partial charge is 0.454 e. The number of nitro groups is 1. The molecular weight excluding hydrogens is 270 g/mol. The van der Waals surface area contributed by atoms with Gasteiger partial charge in [0.15, 0.2) is 5.75 Å².